The average Bonchev–Trinajstić information content (AvgIpc) is 2.97. The minimum atomic E-state index is 0.804. The van der Waals surface area contributed by atoms with Gasteiger partial charge in [-0.1, -0.05) is 42.5 Å². The Kier molecular flexibility index (Phi) is 1.88. The monoisotopic (exact) mass is 233 g/mol. The van der Waals surface area contributed by atoms with Gasteiger partial charge in [0.2, 0.25) is 0 Å². The zero-order valence-corrected chi connectivity index (χ0v) is 9.74. The molecule has 1 aliphatic rings. The van der Waals surface area contributed by atoms with Gasteiger partial charge in [-0.3, -0.25) is 0 Å². The van der Waals surface area contributed by atoms with Crippen molar-refractivity contribution in [1.29, 1.82) is 0 Å². The van der Waals surface area contributed by atoms with Crippen LogP contribution < -0.4 is 0 Å². The standard InChI is InChI=1S/C15H11N3/c1-2-6-11(7-3-1)13-10-15-16-12-8-4-5-9-14(12)18(15)17-13/h1-9H,10H2. The molecular weight excluding hydrogens is 222 g/mol. The molecule has 0 bridgehead atoms. The average molecular weight is 233 g/mol. The van der Waals surface area contributed by atoms with Crippen LogP contribution in [-0.4, -0.2) is 15.4 Å². The summed E-state index contributed by atoms with van der Waals surface area (Å²) in [4.78, 5) is 4.62. The Bertz CT molecular complexity index is 754. The van der Waals surface area contributed by atoms with E-state index in [0.717, 1.165) is 29.0 Å². The number of rotatable bonds is 1. The van der Waals surface area contributed by atoms with Gasteiger partial charge in [-0.05, 0) is 17.7 Å². The van der Waals surface area contributed by atoms with E-state index in [1.807, 2.05) is 41.1 Å². The molecule has 86 valence electrons. The molecule has 1 aromatic heterocycles. The maximum Gasteiger partial charge on any atom is 0.137 e. The molecule has 18 heavy (non-hydrogen) atoms. The van der Waals surface area contributed by atoms with Crippen LogP contribution in [0.15, 0.2) is 59.7 Å². The lowest BCUT2D eigenvalue weighted by Gasteiger charge is -1.98. The second-order valence-electron chi connectivity index (χ2n) is 4.42. The quantitative estimate of drug-likeness (QED) is 0.635. The Morgan fingerprint density at radius 2 is 1.67 bits per heavy atom. The zero-order chi connectivity index (χ0) is 11.9. The number of aromatic nitrogens is 2. The molecule has 0 atom stereocenters. The second kappa shape index (κ2) is 3.53. The summed E-state index contributed by atoms with van der Waals surface area (Å²) in [6.45, 7) is 0. The number of hydrogen-bond donors (Lipinski definition) is 0. The van der Waals surface area contributed by atoms with Crippen LogP contribution in [0.5, 0.6) is 0 Å². The lowest BCUT2D eigenvalue weighted by Crippen LogP contribution is -2.00. The third-order valence-corrected chi connectivity index (χ3v) is 3.26. The van der Waals surface area contributed by atoms with Gasteiger partial charge in [0.1, 0.15) is 5.82 Å². The van der Waals surface area contributed by atoms with E-state index < -0.39 is 0 Å². The molecule has 0 spiro atoms. The summed E-state index contributed by atoms with van der Waals surface area (Å²) in [7, 11) is 0. The van der Waals surface area contributed by atoms with E-state index in [-0.39, 0.29) is 0 Å². The van der Waals surface area contributed by atoms with Crippen molar-refractivity contribution in [3.8, 4) is 0 Å². The summed E-state index contributed by atoms with van der Waals surface area (Å²) in [6.07, 6.45) is 0.804. The summed E-state index contributed by atoms with van der Waals surface area (Å²) >= 11 is 0. The fraction of sp³-hybridized carbons (Fsp3) is 0.0667. The summed E-state index contributed by atoms with van der Waals surface area (Å²) in [5.41, 5.74) is 4.36. The van der Waals surface area contributed by atoms with Gasteiger partial charge in [-0.25, -0.2) is 9.66 Å². The molecule has 3 heteroatoms. The summed E-state index contributed by atoms with van der Waals surface area (Å²) < 4.78 is 1.96. The Hall–Kier alpha value is -2.42. The molecule has 3 nitrogen and oxygen atoms in total. The summed E-state index contributed by atoms with van der Waals surface area (Å²) in [5.74, 6) is 1.02. The maximum atomic E-state index is 4.68. The first-order valence-electron chi connectivity index (χ1n) is 6.01. The lowest BCUT2D eigenvalue weighted by molar-refractivity contribution is 0.888. The fourth-order valence-corrected chi connectivity index (χ4v) is 2.39. The Labute approximate surface area is 104 Å². The smallest absolute Gasteiger partial charge is 0.137 e. The van der Waals surface area contributed by atoms with Crippen LogP contribution in [0, 0.1) is 0 Å². The molecule has 0 amide bonds. The van der Waals surface area contributed by atoms with Crippen LogP contribution >= 0.6 is 0 Å². The van der Waals surface area contributed by atoms with Gasteiger partial charge in [0.05, 0.1) is 23.2 Å². The number of para-hydroxylation sites is 2. The zero-order valence-electron chi connectivity index (χ0n) is 9.74. The topological polar surface area (TPSA) is 30.2 Å². The molecule has 0 saturated carbocycles. The van der Waals surface area contributed by atoms with E-state index in [2.05, 4.69) is 28.3 Å². The maximum absolute atomic E-state index is 4.68. The Morgan fingerprint density at radius 1 is 0.889 bits per heavy atom. The third-order valence-electron chi connectivity index (χ3n) is 3.26. The highest BCUT2D eigenvalue weighted by atomic mass is 15.4. The van der Waals surface area contributed by atoms with Crippen LogP contribution in [0.25, 0.3) is 11.0 Å². The molecule has 3 aromatic rings. The van der Waals surface area contributed by atoms with Crippen molar-refractivity contribution in [3.05, 3.63) is 66.0 Å². The van der Waals surface area contributed by atoms with E-state index in [0.29, 0.717) is 0 Å². The molecule has 0 N–H and O–H groups in total. The van der Waals surface area contributed by atoms with E-state index in [1.54, 1.807) is 0 Å². The minimum Gasteiger partial charge on any atom is -0.231 e. The van der Waals surface area contributed by atoms with Crippen LogP contribution in [0.2, 0.25) is 0 Å². The van der Waals surface area contributed by atoms with Crippen LogP contribution in [0.1, 0.15) is 11.4 Å². The Morgan fingerprint density at radius 3 is 2.56 bits per heavy atom. The molecule has 0 fully saturated rings. The van der Waals surface area contributed by atoms with Crippen molar-refractivity contribution in [2.75, 3.05) is 0 Å². The first kappa shape index (κ1) is 9.59. The van der Waals surface area contributed by atoms with Gasteiger partial charge in [0.15, 0.2) is 0 Å². The molecule has 0 radical (unpaired) electrons. The summed E-state index contributed by atoms with van der Waals surface area (Å²) in [5, 5.41) is 4.68. The SMILES string of the molecule is c1ccc(C2=Nn3c(nc4ccccc43)C2)cc1. The molecule has 0 aliphatic carbocycles. The number of fused-ring (bicyclic) bond motifs is 3. The van der Waals surface area contributed by atoms with Crippen LogP contribution in [0.4, 0.5) is 0 Å². The highest BCUT2D eigenvalue weighted by Crippen LogP contribution is 2.22. The van der Waals surface area contributed by atoms with E-state index in [1.165, 1.54) is 5.56 Å². The van der Waals surface area contributed by atoms with Crippen molar-refractivity contribution in [3.63, 3.8) is 0 Å². The second-order valence-corrected chi connectivity index (χ2v) is 4.42. The predicted molar refractivity (Wildman–Crippen MR) is 71.8 cm³/mol. The van der Waals surface area contributed by atoms with Crippen molar-refractivity contribution >= 4 is 16.7 Å². The molecular formula is C15H11N3. The Balaban J connectivity index is 1.88. The van der Waals surface area contributed by atoms with Crippen molar-refractivity contribution in [1.82, 2.24) is 9.66 Å². The van der Waals surface area contributed by atoms with Gasteiger partial charge >= 0.3 is 0 Å². The number of hydrogen-bond acceptors (Lipinski definition) is 2. The van der Waals surface area contributed by atoms with E-state index in [4.69, 9.17) is 0 Å². The highest BCUT2D eigenvalue weighted by molar-refractivity contribution is 6.03. The third kappa shape index (κ3) is 1.31. The molecule has 0 saturated heterocycles. The summed E-state index contributed by atoms with van der Waals surface area (Å²) in [6, 6.07) is 18.4. The normalized spacial score (nSPS) is 13.7. The lowest BCUT2D eigenvalue weighted by atomic mass is 10.1. The van der Waals surface area contributed by atoms with Gasteiger partial charge in [-0.15, -0.1) is 0 Å². The van der Waals surface area contributed by atoms with Gasteiger partial charge < -0.3 is 0 Å². The van der Waals surface area contributed by atoms with Crippen LogP contribution in [-0.2, 0) is 6.42 Å². The van der Waals surface area contributed by atoms with Crippen molar-refractivity contribution in [2.24, 2.45) is 5.10 Å². The number of nitrogens with zero attached hydrogens (tertiary/aromatic N) is 3. The molecule has 0 unspecified atom stereocenters. The van der Waals surface area contributed by atoms with Crippen molar-refractivity contribution < 1.29 is 0 Å². The molecule has 1 aliphatic heterocycles. The molecule has 2 heterocycles. The van der Waals surface area contributed by atoms with Gasteiger partial charge in [0, 0.05) is 0 Å². The molecule has 4 rings (SSSR count). The highest BCUT2D eigenvalue weighted by Gasteiger charge is 2.19. The molecule has 2 aromatic carbocycles. The first-order valence-corrected chi connectivity index (χ1v) is 6.01. The van der Waals surface area contributed by atoms with E-state index in [9.17, 15) is 0 Å². The fourth-order valence-electron chi connectivity index (χ4n) is 2.39. The van der Waals surface area contributed by atoms with Crippen molar-refractivity contribution in [2.45, 2.75) is 6.42 Å². The van der Waals surface area contributed by atoms with Crippen LogP contribution in [0.3, 0.4) is 0 Å². The number of benzene rings is 2. The van der Waals surface area contributed by atoms with E-state index >= 15 is 0 Å². The number of imidazole rings is 1. The predicted octanol–water partition coefficient (Wildman–Crippen LogP) is 2.84. The largest absolute Gasteiger partial charge is 0.231 e. The minimum absolute atomic E-state index is 0.804. The first-order chi connectivity index (χ1) is 8.92. The van der Waals surface area contributed by atoms with Gasteiger partial charge in [-0.2, -0.15) is 5.10 Å². The van der Waals surface area contributed by atoms with Gasteiger partial charge in [0.25, 0.3) is 0 Å².